The van der Waals surface area contributed by atoms with Crippen LogP contribution >= 0.6 is 15.9 Å². The predicted octanol–water partition coefficient (Wildman–Crippen LogP) is 3.58. The van der Waals surface area contributed by atoms with Crippen molar-refractivity contribution in [3.05, 3.63) is 33.8 Å². The van der Waals surface area contributed by atoms with Crippen LogP contribution < -0.4 is 10.6 Å². The molecule has 0 aromatic heterocycles. The zero-order chi connectivity index (χ0) is 15.5. The Bertz CT molecular complexity index is 540. The smallest absolute Gasteiger partial charge is 0.220 e. The Morgan fingerprint density at radius 2 is 2.14 bits per heavy atom. The molecule has 1 heterocycles. The maximum atomic E-state index is 12.4. The molecule has 2 atom stereocenters. The molecule has 1 amide bonds. The summed E-state index contributed by atoms with van der Waals surface area (Å²) in [6.07, 6.45) is 5.13. The van der Waals surface area contributed by atoms with Crippen molar-refractivity contribution >= 4 is 21.8 Å². The van der Waals surface area contributed by atoms with E-state index < -0.39 is 0 Å². The van der Waals surface area contributed by atoms with Gasteiger partial charge in [-0.15, -0.1) is 0 Å². The van der Waals surface area contributed by atoms with Gasteiger partial charge in [0.25, 0.3) is 0 Å². The number of nitrogens with one attached hydrogen (secondary N) is 2. The lowest BCUT2D eigenvalue weighted by Gasteiger charge is -2.28. The number of carbonyl (C=O) groups excluding carboxylic acids is 1. The molecular formula is C18H25BrN2O. The minimum absolute atomic E-state index is 0.195. The number of hydrogen-bond donors (Lipinski definition) is 2. The molecule has 1 aliphatic carbocycles. The molecule has 0 bridgehead atoms. The van der Waals surface area contributed by atoms with Crippen molar-refractivity contribution in [2.75, 3.05) is 13.1 Å². The molecule has 0 radical (unpaired) electrons. The first-order chi connectivity index (χ1) is 10.6. The fourth-order valence-corrected chi connectivity index (χ4v) is 4.47. The van der Waals surface area contributed by atoms with E-state index in [9.17, 15) is 4.79 Å². The highest BCUT2D eigenvalue weighted by Crippen LogP contribution is 2.35. The molecule has 3 nitrogen and oxygen atoms in total. The highest BCUT2D eigenvalue weighted by Gasteiger charge is 2.27. The molecule has 1 aromatic carbocycles. The maximum absolute atomic E-state index is 12.4. The molecule has 1 saturated heterocycles. The minimum atomic E-state index is 0.195. The number of fused-ring (bicyclic) bond motifs is 1. The molecular weight excluding hydrogens is 340 g/mol. The molecule has 4 heteroatoms. The Kier molecular flexibility index (Phi) is 5.19. The van der Waals surface area contributed by atoms with Crippen LogP contribution in [0.3, 0.4) is 0 Å². The molecule has 2 N–H and O–H groups in total. The third kappa shape index (κ3) is 3.54. The van der Waals surface area contributed by atoms with E-state index in [0.717, 1.165) is 25.9 Å². The average Bonchev–Trinajstić information content (AvgIpc) is 2.92. The minimum Gasteiger partial charge on any atom is -0.349 e. The van der Waals surface area contributed by atoms with Gasteiger partial charge in [0.2, 0.25) is 5.91 Å². The molecule has 3 rings (SSSR count). The first-order valence-corrected chi connectivity index (χ1v) is 9.22. The molecule has 0 saturated carbocycles. The second kappa shape index (κ2) is 7.14. The summed E-state index contributed by atoms with van der Waals surface area (Å²) in [5.41, 5.74) is 2.65. The number of halogens is 1. The number of benzene rings is 1. The third-order valence-electron chi connectivity index (χ3n) is 5.24. The summed E-state index contributed by atoms with van der Waals surface area (Å²) in [4.78, 5) is 12.4. The number of carbonyl (C=O) groups is 1. The van der Waals surface area contributed by atoms with E-state index in [4.69, 9.17) is 0 Å². The van der Waals surface area contributed by atoms with Crippen molar-refractivity contribution in [3.63, 3.8) is 0 Å². The summed E-state index contributed by atoms with van der Waals surface area (Å²) in [5.74, 6) is 1.38. The van der Waals surface area contributed by atoms with Crippen LogP contribution in [0.5, 0.6) is 0 Å². The van der Waals surface area contributed by atoms with Gasteiger partial charge in [0.1, 0.15) is 0 Å². The average molecular weight is 365 g/mol. The Balaban J connectivity index is 1.56. The quantitative estimate of drug-likeness (QED) is 0.857. The van der Waals surface area contributed by atoms with E-state index in [1.165, 1.54) is 28.4 Å². The van der Waals surface area contributed by atoms with E-state index in [2.05, 4.69) is 51.7 Å². The van der Waals surface area contributed by atoms with Crippen LogP contribution in [0.15, 0.2) is 22.7 Å². The highest BCUT2D eigenvalue weighted by molar-refractivity contribution is 9.10. The van der Waals surface area contributed by atoms with Crippen molar-refractivity contribution in [1.82, 2.24) is 10.6 Å². The van der Waals surface area contributed by atoms with E-state index in [1.807, 2.05) is 0 Å². The van der Waals surface area contributed by atoms with Gasteiger partial charge in [0.15, 0.2) is 0 Å². The van der Waals surface area contributed by atoms with Gasteiger partial charge < -0.3 is 10.6 Å². The molecule has 1 aromatic rings. The monoisotopic (exact) mass is 364 g/mol. The van der Waals surface area contributed by atoms with Crippen LogP contribution in [0, 0.1) is 11.8 Å². The highest BCUT2D eigenvalue weighted by atomic mass is 79.9. The van der Waals surface area contributed by atoms with E-state index >= 15 is 0 Å². The largest absolute Gasteiger partial charge is 0.349 e. The van der Waals surface area contributed by atoms with Crippen molar-refractivity contribution in [2.45, 2.75) is 45.1 Å². The fourth-order valence-electron chi connectivity index (χ4n) is 3.89. The van der Waals surface area contributed by atoms with Crippen LogP contribution in [0.1, 0.15) is 49.8 Å². The zero-order valence-corrected chi connectivity index (χ0v) is 14.8. The van der Waals surface area contributed by atoms with E-state index in [1.54, 1.807) is 0 Å². The summed E-state index contributed by atoms with van der Waals surface area (Å²) >= 11 is 3.61. The van der Waals surface area contributed by atoms with Crippen molar-refractivity contribution < 1.29 is 4.79 Å². The van der Waals surface area contributed by atoms with Gasteiger partial charge in [-0.2, -0.15) is 0 Å². The van der Waals surface area contributed by atoms with Crippen molar-refractivity contribution in [3.8, 4) is 0 Å². The van der Waals surface area contributed by atoms with Crippen molar-refractivity contribution in [1.29, 1.82) is 0 Å². The van der Waals surface area contributed by atoms with Gasteiger partial charge in [-0.25, -0.2) is 0 Å². The number of piperidine rings is 1. The molecule has 0 spiro atoms. The van der Waals surface area contributed by atoms with Gasteiger partial charge >= 0.3 is 0 Å². The van der Waals surface area contributed by atoms with Crippen LogP contribution in [0.4, 0.5) is 0 Å². The standard InChI is InChI=1S/C18H25BrN2O/c1-12(13-7-9-20-10-8-13)11-18(22)21-17-6-5-14-15(17)3-2-4-16(14)19/h2-4,12-13,17,20H,5-11H2,1H3,(H,21,22). The third-order valence-corrected chi connectivity index (χ3v) is 5.99. The van der Waals surface area contributed by atoms with E-state index in [-0.39, 0.29) is 11.9 Å². The van der Waals surface area contributed by atoms with Gasteiger partial charge in [0.05, 0.1) is 6.04 Å². The van der Waals surface area contributed by atoms with E-state index in [0.29, 0.717) is 18.3 Å². The van der Waals surface area contributed by atoms with Crippen LogP contribution in [0.25, 0.3) is 0 Å². The summed E-state index contributed by atoms with van der Waals surface area (Å²) < 4.78 is 1.17. The molecule has 22 heavy (non-hydrogen) atoms. The maximum Gasteiger partial charge on any atom is 0.220 e. The Labute approximate surface area is 141 Å². The molecule has 2 aliphatic rings. The topological polar surface area (TPSA) is 41.1 Å². The number of hydrogen-bond acceptors (Lipinski definition) is 2. The predicted molar refractivity (Wildman–Crippen MR) is 92.7 cm³/mol. The molecule has 1 fully saturated rings. The number of rotatable bonds is 4. The summed E-state index contributed by atoms with van der Waals surface area (Å²) in [6.45, 7) is 4.43. The summed E-state index contributed by atoms with van der Waals surface area (Å²) in [5, 5.41) is 6.65. The first kappa shape index (κ1) is 16.0. The summed E-state index contributed by atoms with van der Waals surface area (Å²) in [7, 11) is 0. The lowest BCUT2D eigenvalue weighted by atomic mass is 9.84. The van der Waals surface area contributed by atoms with Gasteiger partial charge in [0, 0.05) is 10.9 Å². The Morgan fingerprint density at radius 3 is 2.91 bits per heavy atom. The number of amides is 1. The fraction of sp³-hybridized carbons (Fsp3) is 0.611. The van der Waals surface area contributed by atoms with Gasteiger partial charge in [-0.05, 0) is 67.8 Å². The van der Waals surface area contributed by atoms with Crippen LogP contribution in [-0.2, 0) is 11.2 Å². The van der Waals surface area contributed by atoms with Crippen molar-refractivity contribution in [2.24, 2.45) is 11.8 Å². The normalized spacial score (nSPS) is 23.1. The molecule has 120 valence electrons. The lowest BCUT2D eigenvalue weighted by molar-refractivity contribution is -0.123. The zero-order valence-electron chi connectivity index (χ0n) is 13.2. The Morgan fingerprint density at radius 1 is 1.36 bits per heavy atom. The van der Waals surface area contributed by atoms with Gasteiger partial charge in [-0.1, -0.05) is 35.0 Å². The van der Waals surface area contributed by atoms with Crippen LogP contribution in [0.2, 0.25) is 0 Å². The molecule has 1 aliphatic heterocycles. The second-order valence-electron chi connectivity index (χ2n) is 6.74. The lowest BCUT2D eigenvalue weighted by Crippen LogP contribution is -2.34. The summed E-state index contributed by atoms with van der Waals surface area (Å²) in [6, 6.07) is 6.49. The molecule has 2 unspecified atom stereocenters. The van der Waals surface area contributed by atoms with Crippen LogP contribution in [-0.4, -0.2) is 19.0 Å². The first-order valence-electron chi connectivity index (χ1n) is 8.42. The second-order valence-corrected chi connectivity index (χ2v) is 7.59. The Hall–Kier alpha value is -0.870. The SMILES string of the molecule is CC(CC(=O)NC1CCc2c(Br)cccc21)C1CCNCC1. The van der Waals surface area contributed by atoms with Gasteiger partial charge in [-0.3, -0.25) is 4.79 Å².